The molecule has 6 heteroatoms. The first-order valence-electron chi connectivity index (χ1n) is 6.94. The smallest absolute Gasteiger partial charge is 0.253 e. The van der Waals surface area contributed by atoms with E-state index in [1.54, 1.807) is 0 Å². The van der Waals surface area contributed by atoms with Crippen molar-refractivity contribution in [3.63, 3.8) is 0 Å². The van der Waals surface area contributed by atoms with Gasteiger partial charge in [0.1, 0.15) is 23.7 Å². The van der Waals surface area contributed by atoms with Crippen molar-refractivity contribution in [3.05, 3.63) is 24.0 Å². The summed E-state index contributed by atoms with van der Waals surface area (Å²) in [6.07, 6.45) is 0.988. The molecule has 0 bridgehead atoms. The lowest BCUT2D eigenvalue weighted by Crippen LogP contribution is -2.66. The number of hydrogen-bond donors (Lipinski definition) is 1. The number of ether oxygens (including phenoxy) is 1. The lowest BCUT2D eigenvalue weighted by atomic mass is 9.88. The molecule has 1 fully saturated rings. The number of nitrogens with zero attached hydrogens (tertiary/aromatic N) is 1. The molecule has 1 aromatic rings. The second-order valence-corrected chi connectivity index (χ2v) is 5.04. The van der Waals surface area contributed by atoms with Gasteiger partial charge in [0.25, 0.3) is 5.91 Å². The van der Waals surface area contributed by atoms with E-state index in [1.807, 2.05) is 13.8 Å². The molecule has 2 amide bonds. The fourth-order valence-electron chi connectivity index (χ4n) is 2.63. The predicted molar refractivity (Wildman–Crippen MR) is 76.8 cm³/mol. The van der Waals surface area contributed by atoms with Gasteiger partial charge in [-0.3, -0.25) is 14.5 Å². The maximum Gasteiger partial charge on any atom is 0.253 e. The van der Waals surface area contributed by atoms with Crippen LogP contribution in [0.2, 0.25) is 0 Å². The molecule has 0 aromatic heterocycles. The molecule has 1 aliphatic heterocycles. The molecule has 0 radical (unpaired) electrons. The Kier molecular flexibility index (Phi) is 4.16. The number of carbonyl (C=O) groups is 2. The molecule has 21 heavy (non-hydrogen) atoms. The van der Waals surface area contributed by atoms with Crippen molar-refractivity contribution in [1.82, 2.24) is 5.32 Å². The quantitative estimate of drug-likeness (QED) is 0.922. The number of anilines is 1. The van der Waals surface area contributed by atoms with Crippen molar-refractivity contribution in [1.29, 1.82) is 0 Å². The monoisotopic (exact) mass is 294 g/mol. The normalized spacial score (nSPS) is 17.6. The Bertz CT molecular complexity index is 570. The molecule has 1 N–H and O–H groups in total. The molecule has 1 saturated heterocycles. The summed E-state index contributed by atoms with van der Waals surface area (Å²) >= 11 is 0. The van der Waals surface area contributed by atoms with Gasteiger partial charge in [-0.1, -0.05) is 13.8 Å². The number of hydrogen-bond acceptors (Lipinski definition) is 3. The Balaban J connectivity index is 2.47. The van der Waals surface area contributed by atoms with Crippen LogP contribution in [0.3, 0.4) is 0 Å². The van der Waals surface area contributed by atoms with E-state index in [4.69, 9.17) is 4.74 Å². The summed E-state index contributed by atoms with van der Waals surface area (Å²) in [6.45, 7) is 3.61. The van der Waals surface area contributed by atoms with Gasteiger partial charge in [-0.15, -0.1) is 0 Å². The average Bonchev–Trinajstić information content (AvgIpc) is 2.49. The minimum Gasteiger partial charge on any atom is -0.494 e. The summed E-state index contributed by atoms with van der Waals surface area (Å²) in [5.41, 5.74) is -0.501. The third-order valence-electron chi connectivity index (χ3n) is 3.97. The van der Waals surface area contributed by atoms with E-state index in [2.05, 4.69) is 5.32 Å². The predicted octanol–water partition coefficient (Wildman–Crippen LogP) is 1.86. The molecule has 1 heterocycles. The highest BCUT2D eigenvalue weighted by atomic mass is 19.1. The summed E-state index contributed by atoms with van der Waals surface area (Å²) in [7, 11) is 1.40. The number of benzene rings is 1. The number of halogens is 1. The van der Waals surface area contributed by atoms with Crippen LogP contribution in [0, 0.1) is 5.82 Å². The summed E-state index contributed by atoms with van der Waals surface area (Å²) in [5, 5.41) is 2.78. The molecule has 1 aromatic carbocycles. The van der Waals surface area contributed by atoms with Crippen LogP contribution in [-0.4, -0.2) is 31.0 Å². The summed E-state index contributed by atoms with van der Waals surface area (Å²) in [4.78, 5) is 26.1. The zero-order chi connectivity index (χ0) is 15.6. The first kappa shape index (κ1) is 15.3. The molecule has 2 rings (SSSR count). The van der Waals surface area contributed by atoms with Crippen LogP contribution in [0.5, 0.6) is 5.75 Å². The first-order chi connectivity index (χ1) is 9.97. The summed E-state index contributed by atoms with van der Waals surface area (Å²) < 4.78 is 18.4. The number of carbonyl (C=O) groups excluding carboxylic acids is 2. The van der Waals surface area contributed by atoms with Crippen molar-refractivity contribution in [2.45, 2.75) is 32.2 Å². The van der Waals surface area contributed by atoms with E-state index in [-0.39, 0.29) is 24.1 Å². The highest BCUT2D eigenvalue weighted by Crippen LogP contribution is 2.33. The lowest BCUT2D eigenvalue weighted by Gasteiger charge is -2.41. The molecule has 114 valence electrons. The van der Waals surface area contributed by atoms with E-state index in [0.29, 0.717) is 18.5 Å². The average molecular weight is 294 g/mol. The fraction of sp³-hybridized carbons (Fsp3) is 0.467. The van der Waals surface area contributed by atoms with E-state index in [0.717, 1.165) is 0 Å². The maximum atomic E-state index is 13.3. The number of methoxy groups -OCH3 is 1. The third kappa shape index (κ3) is 2.57. The second-order valence-electron chi connectivity index (χ2n) is 5.04. The standard InChI is InChI=1S/C15H19FN2O3/c1-4-15(5-2)14(20)18(9-13(19)17-15)11-7-6-10(16)8-12(11)21-3/h6-8H,4-5,9H2,1-3H3,(H,17,19). The van der Waals surface area contributed by atoms with Crippen LogP contribution in [0.15, 0.2) is 18.2 Å². The minimum atomic E-state index is -0.908. The SMILES string of the molecule is CCC1(CC)NC(=O)CN(c2ccc(F)cc2OC)C1=O. The maximum absolute atomic E-state index is 13.3. The Morgan fingerprint density at radius 2 is 2.00 bits per heavy atom. The summed E-state index contributed by atoms with van der Waals surface area (Å²) in [6, 6.07) is 3.91. The number of piperazine rings is 1. The lowest BCUT2D eigenvalue weighted by molar-refractivity contribution is -0.136. The van der Waals surface area contributed by atoms with Crippen molar-refractivity contribution in [2.24, 2.45) is 0 Å². The van der Waals surface area contributed by atoms with Crippen molar-refractivity contribution < 1.29 is 18.7 Å². The molecule has 0 atom stereocenters. The molecule has 0 unspecified atom stereocenters. The van der Waals surface area contributed by atoms with Gasteiger partial charge < -0.3 is 10.1 Å². The van der Waals surface area contributed by atoms with Crippen molar-refractivity contribution in [3.8, 4) is 5.75 Å². The summed E-state index contributed by atoms with van der Waals surface area (Å²) in [5.74, 6) is -0.650. The van der Waals surface area contributed by atoms with Gasteiger partial charge in [0.2, 0.25) is 5.91 Å². The zero-order valence-corrected chi connectivity index (χ0v) is 12.4. The highest BCUT2D eigenvalue weighted by Gasteiger charge is 2.45. The Hall–Kier alpha value is -2.11. The molecular formula is C15H19FN2O3. The highest BCUT2D eigenvalue weighted by molar-refractivity contribution is 6.09. The molecule has 1 aliphatic rings. The largest absolute Gasteiger partial charge is 0.494 e. The second kappa shape index (κ2) is 5.71. The van der Waals surface area contributed by atoms with E-state index < -0.39 is 11.4 Å². The third-order valence-corrected chi connectivity index (χ3v) is 3.97. The van der Waals surface area contributed by atoms with Crippen LogP contribution < -0.4 is 15.0 Å². The Labute approximate surface area is 123 Å². The molecule has 0 aliphatic carbocycles. The zero-order valence-electron chi connectivity index (χ0n) is 12.4. The van der Waals surface area contributed by atoms with E-state index in [9.17, 15) is 14.0 Å². The van der Waals surface area contributed by atoms with Crippen LogP contribution in [0.25, 0.3) is 0 Å². The molecular weight excluding hydrogens is 275 g/mol. The van der Waals surface area contributed by atoms with Crippen LogP contribution >= 0.6 is 0 Å². The molecule has 5 nitrogen and oxygen atoms in total. The van der Waals surface area contributed by atoms with Gasteiger partial charge in [-0.25, -0.2) is 4.39 Å². The fourth-order valence-corrected chi connectivity index (χ4v) is 2.63. The van der Waals surface area contributed by atoms with Gasteiger partial charge >= 0.3 is 0 Å². The first-order valence-corrected chi connectivity index (χ1v) is 6.94. The van der Waals surface area contributed by atoms with Gasteiger partial charge in [0, 0.05) is 6.07 Å². The van der Waals surface area contributed by atoms with Gasteiger partial charge in [0.15, 0.2) is 0 Å². The van der Waals surface area contributed by atoms with E-state index in [1.165, 1.54) is 30.2 Å². The van der Waals surface area contributed by atoms with Crippen LogP contribution in [-0.2, 0) is 9.59 Å². The van der Waals surface area contributed by atoms with Gasteiger partial charge in [0.05, 0.1) is 12.8 Å². The molecule has 0 saturated carbocycles. The number of nitrogens with one attached hydrogen (secondary N) is 1. The minimum absolute atomic E-state index is 0.0947. The Morgan fingerprint density at radius 1 is 1.33 bits per heavy atom. The number of amides is 2. The van der Waals surface area contributed by atoms with Crippen LogP contribution in [0.4, 0.5) is 10.1 Å². The van der Waals surface area contributed by atoms with Crippen molar-refractivity contribution in [2.75, 3.05) is 18.6 Å². The topological polar surface area (TPSA) is 58.6 Å². The Morgan fingerprint density at radius 3 is 2.57 bits per heavy atom. The van der Waals surface area contributed by atoms with Gasteiger partial charge in [-0.05, 0) is 25.0 Å². The molecule has 0 spiro atoms. The van der Waals surface area contributed by atoms with Gasteiger partial charge in [-0.2, -0.15) is 0 Å². The van der Waals surface area contributed by atoms with Crippen LogP contribution in [0.1, 0.15) is 26.7 Å². The van der Waals surface area contributed by atoms with E-state index >= 15 is 0 Å². The van der Waals surface area contributed by atoms with Crippen molar-refractivity contribution >= 4 is 17.5 Å². The number of rotatable bonds is 4.